The van der Waals surface area contributed by atoms with Gasteiger partial charge in [-0.1, -0.05) is 0 Å². The van der Waals surface area contributed by atoms with Gasteiger partial charge in [0.1, 0.15) is 28.1 Å². The van der Waals surface area contributed by atoms with Gasteiger partial charge in [0.05, 0.1) is 11.3 Å². The number of amides is 1. The van der Waals surface area contributed by atoms with Crippen LogP contribution >= 0.6 is 0 Å². The number of halogens is 1. The molecular weight excluding hydrogens is 393 g/mol. The fourth-order valence-corrected chi connectivity index (χ4v) is 4.53. The summed E-state index contributed by atoms with van der Waals surface area (Å²) in [5.74, 6) is -0.267. The first-order chi connectivity index (χ1) is 13.9. The van der Waals surface area contributed by atoms with Crippen molar-refractivity contribution in [2.75, 3.05) is 30.7 Å². The summed E-state index contributed by atoms with van der Waals surface area (Å²) in [5, 5.41) is 6.74. The number of nitrogens with one attached hydrogen (secondary N) is 2. The Morgan fingerprint density at radius 3 is 2.69 bits per heavy atom. The lowest BCUT2D eigenvalue weighted by molar-refractivity contribution is 0.0964. The van der Waals surface area contributed by atoms with Crippen molar-refractivity contribution in [3.8, 4) is 11.3 Å². The van der Waals surface area contributed by atoms with Crippen LogP contribution in [0.4, 0.5) is 10.1 Å². The molecule has 4 rings (SSSR count). The predicted octanol–water partition coefficient (Wildman–Crippen LogP) is 3.36. The standard InChI is InChI=1S/C21H22FN3O3S/c1-12-15-10-16-18(11-17(15)25(29(3)27)9-8-24-12)28-20(19(16)21(26)23-2)13-4-6-14(22)7-5-13/h4-7,10-12,24H,8-9H2,1-3H3,(H,23,26). The van der Waals surface area contributed by atoms with Crippen molar-refractivity contribution in [3.05, 3.63) is 53.3 Å². The Labute approximate surface area is 170 Å². The van der Waals surface area contributed by atoms with Crippen molar-refractivity contribution in [1.29, 1.82) is 0 Å². The van der Waals surface area contributed by atoms with Gasteiger partial charge in [0, 0.05) is 49.5 Å². The van der Waals surface area contributed by atoms with Crippen LogP contribution in [0.1, 0.15) is 28.9 Å². The second-order valence-corrected chi connectivity index (χ2v) is 8.29. The maximum absolute atomic E-state index is 13.4. The molecule has 2 heterocycles. The number of fused-ring (bicyclic) bond motifs is 2. The molecule has 8 heteroatoms. The topological polar surface area (TPSA) is 74.6 Å². The Morgan fingerprint density at radius 2 is 2.03 bits per heavy atom. The Kier molecular flexibility index (Phi) is 5.14. The van der Waals surface area contributed by atoms with Crippen molar-refractivity contribution in [3.63, 3.8) is 0 Å². The second kappa shape index (κ2) is 7.61. The zero-order chi connectivity index (χ0) is 20.7. The Hall–Kier alpha value is -2.71. The molecule has 0 fully saturated rings. The summed E-state index contributed by atoms with van der Waals surface area (Å²) in [6.45, 7) is 3.33. The summed E-state index contributed by atoms with van der Waals surface area (Å²) in [4.78, 5) is 12.7. The molecule has 29 heavy (non-hydrogen) atoms. The van der Waals surface area contributed by atoms with Gasteiger partial charge < -0.3 is 15.1 Å². The zero-order valence-corrected chi connectivity index (χ0v) is 17.2. The van der Waals surface area contributed by atoms with Crippen LogP contribution in [0.5, 0.6) is 0 Å². The van der Waals surface area contributed by atoms with Crippen molar-refractivity contribution in [1.82, 2.24) is 10.6 Å². The van der Waals surface area contributed by atoms with Crippen LogP contribution in [0.3, 0.4) is 0 Å². The molecule has 152 valence electrons. The monoisotopic (exact) mass is 415 g/mol. The van der Waals surface area contributed by atoms with Crippen molar-refractivity contribution in [2.45, 2.75) is 13.0 Å². The number of benzene rings is 2. The van der Waals surface area contributed by atoms with Gasteiger partial charge in [-0.15, -0.1) is 0 Å². The second-order valence-electron chi connectivity index (χ2n) is 7.00. The normalized spacial score (nSPS) is 17.7. The molecule has 0 radical (unpaired) electrons. The Morgan fingerprint density at radius 1 is 1.31 bits per heavy atom. The molecule has 6 nitrogen and oxygen atoms in total. The van der Waals surface area contributed by atoms with E-state index in [-0.39, 0.29) is 17.8 Å². The maximum atomic E-state index is 13.4. The van der Waals surface area contributed by atoms with Crippen LogP contribution in [-0.2, 0) is 11.0 Å². The first kappa shape index (κ1) is 19.6. The molecule has 0 bridgehead atoms. The SMILES string of the molecule is CNC(=O)c1c(-c2ccc(F)cc2)oc2cc3c(cc12)C(C)NCCN3S(C)=O. The first-order valence-electron chi connectivity index (χ1n) is 9.33. The van der Waals surface area contributed by atoms with E-state index >= 15 is 0 Å². The van der Waals surface area contributed by atoms with E-state index in [1.807, 2.05) is 23.4 Å². The van der Waals surface area contributed by atoms with Gasteiger partial charge in [-0.2, -0.15) is 0 Å². The third-order valence-electron chi connectivity index (χ3n) is 5.21. The largest absolute Gasteiger partial charge is 0.455 e. The number of carbonyl (C=O) groups excluding carboxylic acids is 1. The minimum absolute atomic E-state index is 0.0182. The number of furan rings is 1. The minimum Gasteiger partial charge on any atom is -0.455 e. The zero-order valence-electron chi connectivity index (χ0n) is 16.4. The summed E-state index contributed by atoms with van der Waals surface area (Å²) < 4.78 is 33.6. The van der Waals surface area contributed by atoms with Gasteiger partial charge in [0.2, 0.25) is 0 Å². The summed E-state index contributed by atoms with van der Waals surface area (Å²) >= 11 is 0. The third kappa shape index (κ3) is 3.42. The van der Waals surface area contributed by atoms with Gasteiger partial charge in [0.25, 0.3) is 5.91 Å². The van der Waals surface area contributed by atoms with Crippen LogP contribution in [-0.4, -0.2) is 36.5 Å². The fourth-order valence-electron chi connectivity index (χ4n) is 3.75. The molecule has 2 atom stereocenters. The van der Waals surface area contributed by atoms with E-state index in [1.54, 1.807) is 25.4 Å². The highest BCUT2D eigenvalue weighted by molar-refractivity contribution is 7.85. The Balaban J connectivity index is 2.00. The highest BCUT2D eigenvalue weighted by Crippen LogP contribution is 2.40. The van der Waals surface area contributed by atoms with E-state index in [0.29, 0.717) is 40.9 Å². The van der Waals surface area contributed by atoms with Crippen molar-refractivity contribution >= 4 is 33.5 Å². The number of hydrogen-bond donors (Lipinski definition) is 2. The molecule has 0 spiro atoms. The summed E-state index contributed by atoms with van der Waals surface area (Å²) in [6, 6.07) is 9.62. The average molecular weight is 415 g/mol. The van der Waals surface area contributed by atoms with E-state index in [4.69, 9.17) is 4.42 Å². The van der Waals surface area contributed by atoms with Crippen LogP contribution in [0.2, 0.25) is 0 Å². The molecule has 2 aromatic carbocycles. The van der Waals surface area contributed by atoms with Crippen molar-refractivity contribution < 1.29 is 17.8 Å². The summed E-state index contributed by atoms with van der Waals surface area (Å²) in [7, 11) is 0.362. The Bertz CT molecular complexity index is 1110. The maximum Gasteiger partial charge on any atom is 0.255 e. The van der Waals surface area contributed by atoms with Gasteiger partial charge in [-0.25, -0.2) is 8.60 Å². The number of carbonyl (C=O) groups is 1. The van der Waals surface area contributed by atoms with E-state index in [1.165, 1.54) is 12.1 Å². The summed E-state index contributed by atoms with van der Waals surface area (Å²) in [6.07, 6.45) is 1.64. The quantitative estimate of drug-likeness (QED) is 0.688. The van der Waals surface area contributed by atoms with Gasteiger partial charge in [0.15, 0.2) is 0 Å². The lowest BCUT2D eigenvalue weighted by Crippen LogP contribution is -2.30. The average Bonchev–Trinajstić information content (AvgIpc) is 2.99. The number of anilines is 1. The molecule has 1 aliphatic heterocycles. The van der Waals surface area contributed by atoms with Crippen LogP contribution in [0.15, 0.2) is 40.8 Å². The lowest BCUT2D eigenvalue weighted by Gasteiger charge is -2.21. The number of nitrogens with zero attached hydrogens (tertiary/aromatic N) is 1. The van der Waals surface area contributed by atoms with Crippen molar-refractivity contribution in [2.24, 2.45) is 0 Å². The molecule has 3 aromatic rings. The molecule has 1 amide bonds. The molecule has 0 saturated carbocycles. The molecule has 0 aliphatic carbocycles. The third-order valence-corrected chi connectivity index (χ3v) is 6.21. The molecule has 1 aliphatic rings. The van der Waals surface area contributed by atoms with E-state index in [9.17, 15) is 13.4 Å². The van der Waals surface area contributed by atoms with Crippen LogP contribution < -0.4 is 14.9 Å². The smallest absolute Gasteiger partial charge is 0.255 e. The first-order valence-corrected chi connectivity index (χ1v) is 10.8. The summed E-state index contributed by atoms with van der Waals surface area (Å²) in [5.41, 5.74) is 3.29. The van der Waals surface area contributed by atoms with Gasteiger partial charge in [-0.3, -0.25) is 9.10 Å². The highest BCUT2D eigenvalue weighted by Gasteiger charge is 2.27. The van der Waals surface area contributed by atoms with E-state index in [0.717, 1.165) is 11.3 Å². The predicted molar refractivity (Wildman–Crippen MR) is 113 cm³/mol. The fraction of sp³-hybridized carbons (Fsp3) is 0.286. The highest BCUT2D eigenvalue weighted by atomic mass is 32.2. The van der Waals surface area contributed by atoms with Gasteiger partial charge in [-0.05, 0) is 42.8 Å². The number of hydrogen-bond acceptors (Lipinski definition) is 4. The number of rotatable bonds is 3. The van der Waals surface area contributed by atoms with E-state index in [2.05, 4.69) is 10.6 Å². The molecule has 0 saturated heterocycles. The molecule has 2 unspecified atom stereocenters. The lowest BCUT2D eigenvalue weighted by atomic mass is 9.99. The minimum atomic E-state index is -1.20. The van der Waals surface area contributed by atoms with Crippen LogP contribution in [0.25, 0.3) is 22.3 Å². The van der Waals surface area contributed by atoms with E-state index < -0.39 is 11.0 Å². The molecule has 2 N–H and O–H groups in total. The molecular formula is C21H22FN3O3S. The van der Waals surface area contributed by atoms with Crippen LogP contribution in [0, 0.1) is 5.82 Å². The van der Waals surface area contributed by atoms with Gasteiger partial charge >= 0.3 is 0 Å². The molecule has 1 aromatic heterocycles.